The van der Waals surface area contributed by atoms with Gasteiger partial charge in [0.2, 0.25) is 0 Å². The molecule has 154 valence electrons. The van der Waals surface area contributed by atoms with E-state index in [1.165, 1.54) is 19.3 Å². The van der Waals surface area contributed by atoms with Crippen LogP contribution in [0.15, 0.2) is 42.6 Å². The molecule has 7 nitrogen and oxygen atoms in total. The third kappa shape index (κ3) is 5.60. The van der Waals surface area contributed by atoms with Crippen LogP contribution in [-0.2, 0) is 11.3 Å². The molecule has 0 bridgehead atoms. The van der Waals surface area contributed by atoms with E-state index in [-0.39, 0.29) is 12.1 Å². The predicted octanol–water partition coefficient (Wildman–Crippen LogP) is 3.56. The van der Waals surface area contributed by atoms with Gasteiger partial charge in [0.1, 0.15) is 17.7 Å². The fourth-order valence-electron chi connectivity index (χ4n) is 3.64. The predicted molar refractivity (Wildman–Crippen MR) is 112 cm³/mol. The lowest BCUT2D eigenvalue weighted by Crippen LogP contribution is -2.31. The number of ether oxygens (including phenoxy) is 2. The number of hydrogen-bond donors (Lipinski definition) is 2. The van der Waals surface area contributed by atoms with Gasteiger partial charge >= 0.3 is 6.03 Å². The topological polar surface area (TPSA) is 75.7 Å². The Labute approximate surface area is 171 Å². The molecule has 0 aliphatic carbocycles. The highest BCUT2D eigenvalue weighted by Crippen LogP contribution is 2.20. The molecule has 0 radical (unpaired) electrons. The molecule has 29 heavy (non-hydrogen) atoms. The summed E-state index contributed by atoms with van der Waals surface area (Å²) in [6.45, 7) is 3.95. The Hall–Kier alpha value is -2.80. The first-order chi connectivity index (χ1) is 14.3. The van der Waals surface area contributed by atoms with Crippen LogP contribution >= 0.6 is 0 Å². The summed E-state index contributed by atoms with van der Waals surface area (Å²) in [4.78, 5) is 19.0. The number of pyridine rings is 1. The van der Waals surface area contributed by atoms with Gasteiger partial charge < -0.3 is 25.0 Å². The van der Waals surface area contributed by atoms with E-state index in [4.69, 9.17) is 9.47 Å². The molecule has 7 heteroatoms. The average Bonchev–Trinajstić information content (AvgIpc) is 3.28. The van der Waals surface area contributed by atoms with E-state index in [2.05, 4.69) is 26.6 Å². The Bertz CT molecular complexity index is 800. The maximum atomic E-state index is 12.2. The first-order valence-corrected chi connectivity index (χ1v) is 10.4. The van der Waals surface area contributed by atoms with Crippen molar-refractivity contribution in [2.24, 2.45) is 0 Å². The van der Waals surface area contributed by atoms with Crippen LogP contribution in [0.25, 0.3) is 0 Å². The number of piperidine rings is 1. The van der Waals surface area contributed by atoms with Gasteiger partial charge in [-0.2, -0.15) is 0 Å². The van der Waals surface area contributed by atoms with Gasteiger partial charge in [-0.1, -0.05) is 0 Å². The summed E-state index contributed by atoms with van der Waals surface area (Å²) in [6.07, 6.45) is 6.56. The number of benzene rings is 1. The Balaban J connectivity index is 1.25. The number of amides is 2. The molecule has 2 aromatic rings. The molecule has 1 aromatic carbocycles. The number of anilines is 2. The number of carbonyl (C=O) groups excluding carboxylic acids is 1. The molecule has 1 unspecified atom stereocenters. The normalized spacial score (nSPS) is 19.0. The SMILES string of the molecule is O=C(NCc1ccnc(N2CCCCC2)c1)Nc1ccc(OC2CCOC2)cc1. The van der Waals surface area contributed by atoms with Crippen LogP contribution in [0.2, 0.25) is 0 Å². The van der Waals surface area contributed by atoms with Crippen LogP contribution < -0.4 is 20.3 Å². The fraction of sp³-hybridized carbons (Fsp3) is 0.455. The Kier molecular flexibility index (Phi) is 6.46. The van der Waals surface area contributed by atoms with Crippen LogP contribution in [0.3, 0.4) is 0 Å². The van der Waals surface area contributed by atoms with E-state index >= 15 is 0 Å². The first kappa shape index (κ1) is 19.5. The largest absolute Gasteiger partial charge is 0.488 e. The van der Waals surface area contributed by atoms with Gasteiger partial charge in [0.15, 0.2) is 0 Å². The van der Waals surface area contributed by atoms with E-state index in [1.54, 1.807) is 0 Å². The Morgan fingerprint density at radius 1 is 1.17 bits per heavy atom. The van der Waals surface area contributed by atoms with Crippen LogP contribution in [-0.4, -0.2) is 43.4 Å². The molecular weight excluding hydrogens is 368 g/mol. The van der Waals surface area contributed by atoms with E-state index in [1.807, 2.05) is 36.5 Å². The molecule has 1 atom stereocenters. The van der Waals surface area contributed by atoms with Crippen molar-refractivity contribution in [1.29, 1.82) is 0 Å². The van der Waals surface area contributed by atoms with Crippen LogP contribution in [0.5, 0.6) is 5.75 Å². The Morgan fingerprint density at radius 2 is 2.00 bits per heavy atom. The molecule has 1 aromatic heterocycles. The monoisotopic (exact) mass is 396 g/mol. The zero-order valence-corrected chi connectivity index (χ0v) is 16.6. The molecule has 0 saturated carbocycles. The molecule has 4 rings (SSSR count). The van der Waals surface area contributed by atoms with Crippen LogP contribution in [0, 0.1) is 0 Å². The highest BCUT2D eigenvalue weighted by atomic mass is 16.5. The van der Waals surface area contributed by atoms with Gasteiger partial charge in [0, 0.05) is 37.9 Å². The molecule has 2 fully saturated rings. The van der Waals surface area contributed by atoms with Crippen LogP contribution in [0.4, 0.5) is 16.3 Å². The zero-order chi connectivity index (χ0) is 19.9. The van der Waals surface area contributed by atoms with E-state index < -0.39 is 0 Å². The fourth-order valence-corrected chi connectivity index (χ4v) is 3.64. The van der Waals surface area contributed by atoms with Gasteiger partial charge in [0.05, 0.1) is 13.2 Å². The summed E-state index contributed by atoms with van der Waals surface area (Å²) in [6, 6.07) is 11.2. The smallest absolute Gasteiger partial charge is 0.319 e. The lowest BCUT2D eigenvalue weighted by atomic mass is 10.1. The summed E-state index contributed by atoms with van der Waals surface area (Å²) >= 11 is 0. The molecule has 2 saturated heterocycles. The van der Waals surface area contributed by atoms with Gasteiger partial charge in [-0.3, -0.25) is 0 Å². The summed E-state index contributed by atoms with van der Waals surface area (Å²) in [7, 11) is 0. The van der Waals surface area contributed by atoms with Crippen molar-refractivity contribution >= 4 is 17.5 Å². The van der Waals surface area contributed by atoms with E-state index in [9.17, 15) is 4.79 Å². The van der Waals surface area contributed by atoms with Crippen molar-refractivity contribution in [3.05, 3.63) is 48.2 Å². The van der Waals surface area contributed by atoms with Crippen molar-refractivity contribution in [3.63, 3.8) is 0 Å². The maximum absolute atomic E-state index is 12.2. The lowest BCUT2D eigenvalue weighted by Gasteiger charge is -2.27. The number of aromatic nitrogens is 1. The second-order valence-electron chi connectivity index (χ2n) is 7.51. The molecule has 0 spiro atoms. The van der Waals surface area contributed by atoms with Crippen molar-refractivity contribution in [2.75, 3.05) is 36.5 Å². The average molecular weight is 396 g/mol. The molecule has 2 aliphatic rings. The maximum Gasteiger partial charge on any atom is 0.319 e. The Morgan fingerprint density at radius 3 is 2.76 bits per heavy atom. The molecular formula is C22H28N4O3. The first-order valence-electron chi connectivity index (χ1n) is 10.4. The zero-order valence-electron chi connectivity index (χ0n) is 16.6. The number of rotatable bonds is 6. The van der Waals surface area contributed by atoms with Crippen molar-refractivity contribution < 1.29 is 14.3 Å². The second kappa shape index (κ2) is 9.60. The third-order valence-electron chi connectivity index (χ3n) is 5.25. The van der Waals surface area contributed by atoms with Gasteiger partial charge in [0.25, 0.3) is 0 Å². The minimum atomic E-state index is -0.237. The van der Waals surface area contributed by atoms with E-state index in [0.717, 1.165) is 48.9 Å². The molecule has 2 amide bonds. The number of nitrogens with one attached hydrogen (secondary N) is 2. The highest BCUT2D eigenvalue weighted by Gasteiger charge is 2.17. The van der Waals surface area contributed by atoms with Gasteiger partial charge in [-0.25, -0.2) is 9.78 Å². The minimum absolute atomic E-state index is 0.118. The van der Waals surface area contributed by atoms with Crippen molar-refractivity contribution in [1.82, 2.24) is 10.3 Å². The van der Waals surface area contributed by atoms with Gasteiger partial charge in [-0.15, -0.1) is 0 Å². The highest BCUT2D eigenvalue weighted by molar-refractivity contribution is 5.89. The summed E-state index contributed by atoms with van der Waals surface area (Å²) < 4.78 is 11.2. The van der Waals surface area contributed by atoms with Crippen molar-refractivity contribution in [2.45, 2.75) is 38.3 Å². The lowest BCUT2D eigenvalue weighted by molar-refractivity contribution is 0.141. The molecule has 2 N–H and O–H groups in total. The summed E-state index contributed by atoms with van der Waals surface area (Å²) in [5.74, 6) is 1.78. The van der Waals surface area contributed by atoms with Gasteiger partial charge in [-0.05, 0) is 61.2 Å². The van der Waals surface area contributed by atoms with E-state index in [0.29, 0.717) is 13.2 Å². The van der Waals surface area contributed by atoms with Crippen molar-refractivity contribution in [3.8, 4) is 5.75 Å². The summed E-state index contributed by atoms with van der Waals surface area (Å²) in [5.41, 5.74) is 1.76. The minimum Gasteiger partial charge on any atom is -0.488 e. The molecule has 3 heterocycles. The standard InChI is InChI=1S/C22H28N4O3/c27-22(25-18-4-6-19(7-5-18)29-20-9-13-28-16-20)24-15-17-8-10-23-21(14-17)26-11-2-1-3-12-26/h4-8,10,14,20H,1-3,9,11-13,15-16H2,(H2,24,25,27). The molecule has 2 aliphatic heterocycles. The second-order valence-corrected chi connectivity index (χ2v) is 7.51. The number of nitrogens with zero attached hydrogens (tertiary/aromatic N) is 2. The summed E-state index contributed by atoms with van der Waals surface area (Å²) in [5, 5.41) is 5.76. The number of urea groups is 1. The van der Waals surface area contributed by atoms with Crippen LogP contribution in [0.1, 0.15) is 31.2 Å². The third-order valence-corrected chi connectivity index (χ3v) is 5.25. The number of carbonyl (C=O) groups is 1. The number of hydrogen-bond acceptors (Lipinski definition) is 5. The quantitative estimate of drug-likeness (QED) is 0.781.